The van der Waals surface area contributed by atoms with Gasteiger partial charge >= 0.3 is 12.4 Å². The second kappa shape index (κ2) is 7.51. The molecule has 8 heteroatoms. The predicted molar refractivity (Wildman–Crippen MR) is 98.8 cm³/mol. The van der Waals surface area contributed by atoms with E-state index in [0.29, 0.717) is 17.7 Å². The van der Waals surface area contributed by atoms with Crippen molar-refractivity contribution in [1.82, 2.24) is 0 Å². The Morgan fingerprint density at radius 1 is 0.793 bits per heavy atom. The van der Waals surface area contributed by atoms with Crippen molar-refractivity contribution in [3.8, 4) is 0 Å². The average molecular weight is 410 g/mol. The lowest BCUT2D eigenvalue weighted by atomic mass is 9.94. The van der Waals surface area contributed by atoms with E-state index in [1.807, 2.05) is 30.3 Å². The summed E-state index contributed by atoms with van der Waals surface area (Å²) in [6.45, 7) is 0. The molecular formula is C21H16F6N2. The van der Waals surface area contributed by atoms with Crippen LogP contribution in [0, 0.1) is 5.41 Å². The molecular weight excluding hydrogens is 394 g/mol. The van der Waals surface area contributed by atoms with Crippen LogP contribution in [0.5, 0.6) is 0 Å². The highest BCUT2D eigenvalue weighted by Gasteiger charge is 2.37. The third-order valence-electron chi connectivity index (χ3n) is 4.56. The summed E-state index contributed by atoms with van der Waals surface area (Å²) in [5, 5.41) is 9.92. The minimum absolute atomic E-state index is 0.0417. The number of hydrogen-bond acceptors (Lipinski definition) is 2. The second-order valence-corrected chi connectivity index (χ2v) is 6.69. The second-order valence-electron chi connectivity index (χ2n) is 6.69. The molecule has 29 heavy (non-hydrogen) atoms. The lowest BCUT2D eigenvalue weighted by molar-refractivity contribution is -0.143. The van der Waals surface area contributed by atoms with Gasteiger partial charge in [0.15, 0.2) is 0 Å². The van der Waals surface area contributed by atoms with Gasteiger partial charge in [-0.15, -0.1) is 0 Å². The van der Waals surface area contributed by atoms with E-state index in [-0.39, 0.29) is 12.5 Å². The lowest BCUT2D eigenvalue weighted by Gasteiger charge is -2.17. The number of alkyl halides is 6. The smallest absolute Gasteiger partial charge is 0.324 e. The van der Waals surface area contributed by atoms with Crippen molar-refractivity contribution >= 4 is 16.5 Å². The number of fused-ring (bicyclic) bond motifs is 1. The summed E-state index contributed by atoms with van der Waals surface area (Å²) < 4.78 is 78.1. The third kappa shape index (κ3) is 4.76. The summed E-state index contributed by atoms with van der Waals surface area (Å²) in [6, 6.07) is 13.2. The van der Waals surface area contributed by atoms with Gasteiger partial charge in [-0.1, -0.05) is 36.4 Å². The van der Waals surface area contributed by atoms with Crippen LogP contribution in [0.25, 0.3) is 10.8 Å². The van der Waals surface area contributed by atoms with Gasteiger partial charge in [-0.25, -0.2) is 0 Å². The summed E-state index contributed by atoms with van der Waals surface area (Å²) in [7, 11) is 0. The first-order chi connectivity index (χ1) is 13.4. The highest BCUT2D eigenvalue weighted by atomic mass is 19.4. The Bertz CT molecular complexity index is 1020. The number of nitrogens with one attached hydrogen (secondary N) is 1. The van der Waals surface area contributed by atoms with Gasteiger partial charge in [0, 0.05) is 18.2 Å². The molecule has 0 aliphatic carbocycles. The molecule has 0 radical (unpaired) electrons. The van der Waals surface area contributed by atoms with Crippen molar-refractivity contribution in [1.29, 1.82) is 5.41 Å². The van der Waals surface area contributed by atoms with Crippen LogP contribution in [0.15, 0.2) is 60.7 Å². The molecule has 2 nitrogen and oxygen atoms in total. The van der Waals surface area contributed by atoms with Crippen molar-refractivity contribution in [2.75, 3.05) is 0 Å². The Hall–Kier alpha value is -2.87. The fraction of sp³-hybridized carbons (Fsp3) is 0.190. The Kier molecular flexibility index (Phi) is 5.40. The number of hydrogen-bond donors (Lipinski definition) is 2. The third-order valence-corrected chi connectivity index (χ3v) is 4.56. The summed E-state index contributed by atoms with van der Waals surface area (Å²) in [5.74, 6) is 0. The van der Waals surface area contributed by atoms with Crippen molar-refractivity contribution in [2.45, 2.75) is 24.8 Å². The van der Waals surface area contributed by atoms with Crippen LogP contribution >= 0.6 is 0 Å². The van der Waals surface area contributed by atoms with E-state index in [9.17, 15) is 26.3 Å². The van der Waals surface area contributed by atoms with Crippen LogP contribution in [-0.2, 0) is 12.4 Å². The standard InChI is InChI=1S/C21H16F6N2/c22-20(23,24)16-8-15(9-17(10-16)21(25,26)27)19(29)11-18(28)14-6-5-12-3-1-2-4-13(12)7-14/h1-10,18,29H,11,28H2. The molecule has 0 aliphatic rings. The largest absolute Gasteiger partial charge is 0.416 e. The SMILES string of the molecule is N=C(CC(N)c1ccc2ccccc2c1)c1cc(C(F)(F)F)cc(C(F)(F)F)c1. The van der Waals surface area contributed by atoms with Crippen molar-refractivity contribution in [3.05, 3.63) is 82.9 Å². The molecule has 3 N–H and O–H groups in total. The normalized spacial score (nSPS) is 13.5. The van der Waals surface area contributed by atoms with Gasteiger partial charge in [0.1, 0.15) is 0 Å². The fourth-order valence-electron chi connectivity index (χ4n) is 3.02. The van der Waals surface area contributed by atoms with E-state index in [0.717, 1.165) is 10.8 Å². The van der Waals surface area contributed by atoms with E-state index in [1.165, 1.54) is 0 Å². The average Bonchev–Trinajstić information content (AvgIpc) is 2.65. The summed E-state index contributed by atoms with van der Waals surface area (Å²) in [5.41, 5.74) is 2.96. The highest BCUT2D eigenvalue weighted by molar-refractivity contribution is 5.99. The Morgan fingerprint density at radius 3 is 1.90 bits per heavy atom. The maximum atomic E-state index is 13.0. The Morgan fingerprint density at radius 2 is 1.34 bits per heavy atom. The van der Waals surface area contributed by atoms with Gasteiger partial charge in [0.2, 0.25) is 0 Å². The maximum absolute atomic E-state index is 13.0. The van der Waals surface area contributed by atoms with Crippen molar-refractivity contribution < 1.29 is 26.3 Å². The van der Waals surface area contributed by atoms with Gasteiger partial charge in [0.25, 0.3) is 0 Å². The predicted octanol–water partition coefficient (Wildman–Crippen LogP) is 6.34. The van der Waals surface area contributed by atoms with E-state index >= 15 is 0 Å². The van der Waals surface area contributed by atoms with E-state index in [1.54, 1.807) is 12.1 Å². The zero-order chi connectivity index (χ0) is 21.4. The lowest BCUT2D eigenvalue weighted by Crippen LogP contribution is -2.18. The minimum atomic E-state index is -4.96. The van der Waals surface area contributed by atoms with Crippen LogP contribution in [0.4, 0.5) is 26.3 Å². The molecule has 0 aliphatic heterocycles. The topological polar surface area (TPSA) is 49.9 Å². The summed E-state index contributed by atoms with van der Waals surface area (Å²) in [4.78, 5) is 0. The minimum Gasteiger partial charge on any atom is -0.324 e. The molecule has 0 heterocycles. The summed E-state index contributed by atoms with van der Waals surface area (Å²) >= 11 is 0. The van der Waals surface area contributed by atoms with Crippen LogP contribution in [0.3, 0.4) is 0 Å². The molecule has 3 aromatic carbocycles. The maximum Gasteiger partial charge on any atom is 0.416 e. The molecule has 1 unspecified atom stereocenters. The number of halogens is 6. The van der Waals surface area contributed by atoms with Crippen LogP contribution < -0.4 is 5.73 Å². The fourth-order valence-corrected chi connectivity index (χ4v) is 3.02. The van der Waals surface area contributed by atoms with Gasteiger partial charge < -0.3 is 11.1 Å². The van der Waals surface area contributed by atoms with Gasteiger partial charge in [-0.2, -0.15) is 26.3 Å². The van der Waals surface area contributed by atoms with Gasteiger partial charge in [-0.05, 0) is 46.2 Å². The first-order valence-electron chi connectivity index (χ1n) is 8.57. The van der Waals surface area contributed by atoms with Crippen LogP contribution in [0.1, 0.15) is 34.7 Å². The van der Waals surface area contributed by atoms with Crippen molar-refractivity contribution in [2.24, 2.45) is 5.73 Å². The first-order valence-corrected chi connectivity index (χ1v) is 8.57. The Labute approximate surface area is 162 Å². The van der Waals surface area contributed by atoms with Crippen LogP contribution in [0.2, 0.25) is 0 Å². The van der Waals surface area contributed by atoms with Crippen molar-refractivity contribution in [3.63, 3.8) is 0 Å². The number of benzene rings is 3. The number of nitrogens with two attached hydrogens (primary N) is 1. The Balaban J connectivity index is 1.90. The van der Waals surface area contributed by atoms with Crippen LogP contribution in [-0.4, -0.2) is 5.71 Å². The molecule has 0 spiro atoms. The molecule has 0 aromatic heterocycles. The molecule has 0 amide bonds. The summed E-state index contributed by atoms with van der Waals surface area (Å²) in [6.07, 6.45) is -10.1. The van der Waals surface area contributed by atoms with E-state index < -0.39 is 40.8 Å². The highest BCUT2D eigenvalue weighted by Crippen LogP contribution is 2.36. The molecule has 152 valence electrons. The molecule has 0 fully saturated rings. The number of rotatable bonds is 4. The molecule has 0 saturated heterocycles. The molecule has 0 bridgehead atoms. The zero-order valence-corrected chi connectivity index (χ0v) is 14.9. The first kappa shape index (κ1) is 20.9. The molecule has 3 rings (SSSR count). The molecule has 1 atom stereocenters. The molecule has 3 aromatic rings. The monoisotopic (exact) mass is 410 g/mol. The van der Waals surface area contributed by atoms with Gasteiger partial charge in [0.05, 0.1) is 11.1 Å². The zero-order valence-electron chi connectivity index (χ0n) is 14.9. The van der Waals surface area contributed by atoms with E-state index in [4.69, 9.17) is 11.1 Å². The quantitative estimate of drug-likeness (QED) is 0.383. The van der Waals surface area contributed by atoms with Gasteiger partial charge in [-0.3, -0.25) is 0 Å². The van der Waals surface area contributed by atoms with E-state index in [2.05, 4.69) is 0 Å². The molecule has 0 saturated carbocycles.